The van der Waals surface area contributed by atoms with Crippen LogP contribution in [0.4, 0.5) is 13.2 Å². The number of benzene rings is 2. The second-order valence-corrected chi connectivity index (χ2v) is 24.8. The Morgan fingerprint density at radius 1 is 0.663 bits per heavy atom. The summed E-state index contributed by atoms with van der Waals surface area (Å²) >= 11 is 6.33. The van der Waals surface area contributed by atoms with E-state index < -0.39 is 163 Å². The number of carbonyl (C=O) groups excluding carboxylic acids is 10. The summed E-state index contributed by atoms with van der Waals surface area (Å²) in [5.41, 5.74) is -4.24. The van der Waals surface area contributed by atoms with Crippen LogP contribution >= 0.6 is 11.6 Å². The van der Waals surface area contributed by atoms with Crippen LogP contribution in [0.3, 0.4) is 0 Å². The van der Waals surface area contributed by atoms with E-state index in [0.717, 1.165) is 62.7 Å². The van der Waals surface area contributed by atoms with E-state index in [1.165, 1.54) is 41.2 Å². The van der Waals surface area contributed by atoms with Crippen molar-refractivity contribution in [2.24, 2.45) is 17.8 Å². The molecule has 480 valence electrons. The summed E-state index contributed by atoms with van der Waals surface area (Å²) in [7, 11) is 6.24. The molecule has 9 atom stereocenters. The van der Waals surface area contributed by atoms with Gasteiger partial charge < -0.3 is 66.0 Å². The maximum Gasteiger partial charge on any atom is 0.416 e. The van der Waals surface area contributed by atoms with Gasteiger partial charge in [-0.25, -0.2) is 0 Å². The molecule has 1 aliphatic heterocycles. The van der Waals surface area contributed by atoms with Crippen LogP contribution in [0, 0.1) is 17.8 Å². The molecule has 27 heteroatoms. The van der Waals surface area contributed by atoms with E-state index in [-0.39, 0.29) is 41.7 Å². The fraction of sp³-hybridized carbons (Fsp3) is 0.627. The molecular formula is C59H88ClF3N10O13. The lowest BCUT2D eigenvalue weighted by molar-refractivity contribution is -0.157. The van der Waals surface area contributed by atoms with Gasteiger partial charge in [-0.2, -0.15) is 13.2 Å². The predicted molar refractivity (Wildman–Crippen MR) is 313 cm³/mol. The minimum absolute atomic E-state index is 0.0164. The van der Waals surface area contributed by atoms with Gasteiger partial charge in [0.15, 0.2) is 0 Å². The molecule has 0 radical (unpaired) electrons. The van der Waals surface area contributed by atoms with Crippen LogP contribution in [0.2, 0.25) is 5.02 Å². The highest BCUT2D eigenvalue weighted by Gasteiger charge is 2.43. The van der Waals surface area contributed by atoms with E-state index in [1.54, 1.807) is 80.5 Å². The Kier molecular flexibility index (Phi) is 26.6. The highest BCUT2D eigenvalue weighted by molar-refractivity contribution is 6.30. The van der Waals surface area contributed by atoms with Gasteiger partial charge in [0.1, 0.15) is 42.3 Å². The SMILES string of the molecule is CC(C)C[C@H]1C(=O)N(C)[C@@H](CC(C)C)C(=O)N[C@@H]([C@@H](C)O)C(=O)N(C)[C@@H](Cc2cccc(Cl)c2)C(=O)NCC(=O)N(C)[C@@H](C(C)C)C(=O)N[C@@H](Cc2ccc(C(F)(F)F)cc2)C(=O)N[C@@](C)(O)C(=O)N(C)CC(=O)N[C@@H](COC(C)(C)C)C(=O)N1C. The Bertz CT molecular complexity index is 2740. The zero-order chi connectivity index (χ0) is 65.7. The molecule has 1 saturated heterocycles. The summed E-state index contributed by atoms with van der Waals surface area (Å²) in [4.78, 5) is 149. The molecule has 86 heavy (non-hydrogen) atoms. The van der Waals surface area contributed by atoms with Gasteiger partial charge in [0, 0.05) is 53.1 Å². The number of rotatable bonds is 12. The molecule has 7 N–H and O–H groups in total. The third-order valence-corrected chi connectivity index (χ3v) is 14.6. The molecule has 0 unspecified atom stereocenters. The third kappa shape index (κ3) is 21.2. The monoisotopic (exact) mass is 1240 g/mol. The number of nitrogens with zero attached hydrogens (tertiary/aromatic N) is 5. The quantitative estimate of drug-likeness (QED) is 0.161. The molecule has 10 amide bonds. The smallest absolute Gasteiger partial charge is 0.391 e. The second-order valence-electron chi connectivity index (χ2n) is 24.4. The first-order chi connectivity index (χ1) is 39.6. The van der Waals surface area contributed by atoms with Crippen molar-refractivity contribution in [1.29, 1.82) is 0 Å². The van der Waals surface area contributed by atoms with Crippen LogP contribution < -0.4 is 26.6 Å². The van der Waals surface area contributed by atoms with Gasteiger partial charge in [0.2, 0.25) is 58.9 Å². The van der Waals surface area contributed by atoms with E-state index in [0.29, 0.717) is 5.56 Å². The summed E-state index contributed by atoms with van der Waals surface area (Å²) in [6, 6.07) is -0.657. The molecule has 1 fully saturated rings. The molecule has 1 heterocycles. The zero-order valence-corrected chi connectivity index (χ0v) is 52.8. The summed E-state index contributed by atoms with van der Waals surface area (Å²) in [6.07, 6.45) is -7.05. The highest BCUT2D eigenvalue weighted by Crippen LogP contribution is 2.30. The number of ether oxygens (including phenoxy) is 1. The van der Waals surface area contributed by atoms with E-state index in [9.17, 15) is 71.3 Å². The molecule has 2 aromatic carbocycles. The Labute approximate surface area is 506 Å². The lowest BCUT2D eigenvalue weighted by Gasteiger charge is -2.38. The molecule has 0 aromatic heterocycles. The van der Waals surface area contributed by atoms with Crippen LogP contribution in [0.1, 0.15) is 106 Å². The van der Waals surface area contributed by atoms with Crippen LogP contribution in [0.15, 0.2) is 48.5 Å². The van der Waals surface area contributed by atoms with Crippen molar-refractivity contribution in [3.63, 3.8) is 0 Å². The minimum atomic E-state index is -4.73. The molecule has 0 aliphatic carbocycles. The number of amides is 10. The van der Waals surface area contributed by atoms with Crippen molar-refractivity contribution in [3.8, 4) is 0 Å². The normalized spacial score (nSPS) is 24.9. The lowest BCUT2D eigenvalue weighted by Crippen LogP contribution is -2.63. The maximum absolute atomic E-state index is 14.9. The first-order valence-corrected chi connectivity index (χ1v) is 28.7. The second kappa shape index (κ2) is 31.1. The maximum atomic E-state index is 14.9. The largest absolute Gasteiger partial charge is 0.416 e. The number of aliphatic hydroxyl groups excluding tert-OH is 1. The van der Waals surface area contributed by atoms with Gasteiger partial charge in [-0.15, -0.1) is 0 Å². The fourth-order valence-corrected chi connectivity index (χ4v) is 9.87. The molecule has 2 aromatic rings. The topological polar surface area (TPSA) is 297 Å². The van der Waals surface area contributed by atoms with Crippen molar-refractivity contribution in [2.45, 2.75) is 168 Å². The Morgan fingerprint density at radius 3 is 1.74 bits per heavy atom. The molecule has 0 saturated carbocycles. The molecule has 1 aliphatic rings. The van der Waals surface area contributed by atoms with E-state index in [2.05, 4.69) is 26.6 Å². The Hall–Kier alpha value is -6.90. The summed E-state index contributed by atoms with van der Waals surface area (Å²) in [5.74, 6) is -10.9. The van der Waals surface area contributed by atoms with Gasteiger partial charge in [-0.05, 0) is 101 Å². The predicted octanol–water partition coefficient (Wildman–Crippen LogP) is 2.26. The highest BCUT2D eigenvalue weighted by atomic mass is 35.5. The Morgan fingerprint density at radius 2 is 1.22 bits per heavy atom. The van der Waals surface area contributed by atoms with E-state index in [4.69, 9.17) is 16.3 Å². The molecular weight excluding hydrogens is 1150 g/mol. The molecule has 0 spiro atoms. The number of hydrogen-bond donors (Lipinski definition) is 7. The van der Waals surface area contributed by atoms with Crippen molar-refractivity contribution >= 4 is 70.7 Å². The summed E-state index contributed by atoms with van der Waals surface area (Å²) < 4.78 is 46.8. The van der Waals surface area contributed by atoms with Crippen LogP contribution in [0.5, 0.6) is 0 Å². The van der Waals surface area contributed by atoms with Crippen LogP contribution in [-0.4, -0.2) is 208 Å². The van der Waals surface area contributed by atoms with Crippen molar-refractivity contribution < 1.29 is 76.1 Å². The average molecular weight is 1240 g/mol. The van der Waals surface area contributed by atoms with Crippen molar-refractivity contribution in [2.75, 3.05) is 54.9 Å². The minimum Gasteiger partial charge on any atom is -0.391 e. The van der Waals surface area contributed by atoms with E-state index >= 15 is 0 Å². The number of aliphatic hydroxyl groups is 2. The van der Waals surface area contributed by atoms with Gasteiger partial charge in [0.05, 0.1) is 37.0 Å². The number of carbonyl (C=O) groups is 10. The number of hydrogen-bond acceptors (Lipinski definition) is 13. The van der Waals surface area contributed by atoms with Crippen LogP contribution in [0.25, 0.3) is 0 Å². The van der Waals surface area contributed by atoms with Crippen molar-refractivity contribution in [1.82, 2.24) is 51.1 Å². The summed E-state index contributed by atoms with van der Waals surface area (Å²) in [5, 5.41) is 35.4. The average Bonchev–Trinajstić information content (AvgIpc) is 1.78. The van der Waals surface area contributed by atoms with Crippen molar-refractivity contribution in [3.05, 3.63) is 70.2 Å². The number of alkyl halides is 3. The van der Waals surface area contributed by atoms with E-state index in [1.807, 2.05) is 0 Å². The molecule has 0 bridgehead atoms. The molecule has 3 rings (SSSR count). The molecule has 23 nitrogen and oxygen atoms in total. The zero-order valence-electron chi connectivity index (χ0n) is 52.1. The number of halogens is 4. The first kappa shape index (κ1) is 73.4. The number of nitrogens with one attached hydrogen (secondary N) is 5. The van der Waals surface area contributed by atoms with Gasteiger partial charge >= 0.3 is 6.18 Å². The third-order valence-electron chi connectivity index (χ3n) is 14.4. The Balaban J connectivity index is 2.30. The van der Waals surface area contributed by atoms with Gasteiger partial charge in [-0.3, -0.25) is 47.9 Å². The standard InChI is InChI=1S/C59H88ClF3N10O13/c1-32(2)24-42-51(79)67-47(35(7)74)55(83)71(14)43(28-37-18-17-19-39(60)26-37)50(78)64-29-46(76)73(16)48(34(5)6)52(80)66-40(27-36-20-22-38(23-21-36)59(61,62)63)49(77)68-58(11,85)56(84)69(12)30-45(75)65-41(31-86-57(8,9)10)53(81)72(15)44(25-33(3)4)54(82)70(42)13/h17-23,26,32-35,40-44,47-48,74,85H,24-25,27-31H2,1-16H3,(H,64,78)(H,65,75)(H,66,80)(H,67,79)(H,68,77)/t35-,40+,41+,42+,43+,44+,47+,48+,58+/m1/s1. The first-order valence-electron chi connectivity index (χ1n) is 28.3. The van der Waals surface area contributed by atoms with Crippen LogP contribution in [-0.2, 0) is 71.7 Å². The fourth-order valence-electron chi connectivity index (χ4n) is 9.66. The lowest BCUT2D eigenvalue weighted by atomic mass is 9.97. The number of likely N-dealkylation sites (N-methyl/N-ethyl adjacent to an activating group) is 5. The van der Waals surface area contributed by atoms with Gasteiger partial charge in [-0.1, -0.05) is 77.4 Å². The summed E-state index contributed by atoms with van der Waals surface area (Å²) in [6.45, 7) is 15.3. The van der Waals surface area contributed by atoms with Gasteiger partial charge in [0.25, 0.3) is 5.91 Å².